The van der Waals surface area contributed by atoms with Crippen molar-refractivity contribution in [2.75, 3.05) is 4.72 Å². The molecule has 1 aromatic heterocycles. The molecule has 0 saturated heterocycles. The number of hydrogen-bond donors (Lipinski definition) is 2. The summed E-state index contributed by atoms with van der Waals surface area (Å²) in [7, 11) is -3.68. The van der Waals surface area contributed by atoms with Gasteiger partial charge in [0.15, 0.2) is 0 Å². The zero-order valence-corrected chi connectivity index (χ0v) is 8.73. The summed E-state index contributed by atoms with van der Waals surface area (Å²) in [5.74, 6) is 0. The Labute approximate surface area is 85.5 Å². The van der Waals surface area contributed by atoms with Crippen molar-refractivity contribution in [3.05, 3.63) is 29.6 Å². The van der Waals surface area contributed by atoms with E-state index in [-0.39, 0.29) is 0 Å². The molecule has 0 aliphatic rings. The van der Waals surface area contributed by atoms with Crippen molar-refractivity contribution in [2.24, 2.45) is 5.14 Å². The van der Waals surface area contributed by atoms with Crippen molar-refractivity contribution >= 4 is 37.3 Å². The van der Waals surface area contributed by atoms with Crippen molar-refractivity contribution in [3.8, 4) is 0 Å². The maximum absolute atomic E-state index is 10.7. The molecule has 6 heteroatoms. The van der Waals surface area contributed by atoms with Gasteiger partial charge in [0.2, 0.25) is 0 Å². The molecule has 0 radical (unpaired) electrons. The van der Waals surface area contributed by atoms with Gasteiger partial charge < -0.3 is 0 Å². The van der Waals surface area contributed by atoms with Gasteiger partial charge in [-0.1, -0.05) is 0 Å². The third kappa shape index (κ3) is 2.03. The zero-order valence-electron chi connectivity index (χ0n) is 7.10. The van der Waals surface area contributed by atoms with E-state index in [1.807, 2.05) is 17.5 Å². The lowest BCUT2D eigenvalue weighted by Crippen LogP contribution is -2.21. The average Bonchev–Trinajstić information content (AvgIpc) is 2.47. The van der Waals surface area contributed by atoms with E-state index >= 15 is 0 Å². The zero-order chi connectivity index (χ0) is 10.2. The minimum atomic E-state index is -3.68. The summed E-state index contributed by atoms with van der Waals surface area (Å²) in [5.41, 5.74) is 0.485. The molecule has 4 nitrogen and oxygen atoms in total. The van der Waals surface area contributed by atoms with Crippen molar-refractivity contribution in [2.45, 2.75) is 0 Å². The summed E-state index contributed by atoms with van der Waals surface area (Å²) >= 11 is 1.61. The van der Waals surface area contributed by atoms with Gasteiger partial charge in [-0.2, -0.15) is 8.42 Å². The van der Waals surface area contributed by atoms with E-state index in [9.17, 15) is 8.42 Å². The Morgan fingerprint density at radius 2 is 2.07 bits per heavy atom. The minimum absolute atomic E-state index is 0.485. The Hall–Kier alpha value is -1.11. The summed E-state index contributed by atoms with van der Waals surface area (Å²) < 4.78 is 24.8. The highest BCUT2D eigenvalue weighted by atomic mass is 32.2. The maximum Gasteiger partial charge on any atom is 0.296 e. The van der Waals surface area contributed by atoms with Crippen molar-refractivity contribution in [1.29, 1.82) is 0 Å². The van der Waals surface area contributed by atoms with E-state index in [0.29, 0.717) is 5.69 Å². The molecule has 14 heavy (non-hydrogen) atoms. The third-order valence-electron chi connectivity index (χ3n) is 1.71. The summed E-state index contributed by atoms with van der Waals surface area (Å²) in [6, 6.07) is 7.21. The SMILES string of the molecule is NS(=O)(=O)Nc1ccc2sccc2c1. The van der Waals surface area contributed by atoms with Gasteiger partial charge in [0.1, 0.15) is 0 Å². The van der Waals surface area contributed by atoms with Crippen molar-refractivity contribution < 1.29 is 8.42 Å². The number of anilines is 1. The molecule has 1 heterocycles. The molecule has 0 bridgehead atoms. The van der Waals surface area contributed by atoms with Crippen LogP contribution in [0.2, 0.25) is 0 Å². The van der Waals surface area contributed by atoms with E-state index in [0.717, 1.165) is 10.1 Å². The quantitative estimate of drug-likeness (QED) is 0.818. The molecule has 0 spiro atoms. The van der Waals surface area contributed by atoms with Crippen LogP contribution in [-0.2, 0) is 10.2 Å². The van der Waals surface area contributed by atoms with Gasteiger partial charge in [0.05, 0.1) is 5.69 Å². The first-order valence-electron chi connectivity index (χ1n) is 3.82. The molecule has 0 fully saturated rings. The lowest BCUT2D eigenvalue weighted by Gasteiger charge is -2.02. The van der Waals surface area contributed by atoms with Crippen LogP contribution >= 0.6 is 11.3 Å². The van der Waals surface area contributed by atoms with E-state index < -0.39 is 10.2 Å². The second-order valence-electron chi connectivity index (χ2n) is 2.82. The summed E-state index contributed by atoms with van der Waals surface area (Å²) in [6.45, 7) is 0. The minimum Gasteiger partial charge on any atom is -0.271 e. The van der Waals surface area contributed by atoms with Crippen LogP contribution in [0.5, 0.6) is 0 Å². The van der Waals surface area contributed by atoms with Crippen LogP contribution in [0.1, 0.15) is 0 Å². The maximum atomic E-state index is 10.7. The first-order chi connectivity index (χ1) is 6.54. The van der Waals surface area contributed by atoms with Crippen LogP contribution < -0.4 is 9.86 Å². The van der Waals surface area contributed by atoms with Gasteiger partial charge >= 0.3 is 0 Å². The van der Waals surface area contributed by atoms with Gasteiger partial charge in [-0.3, -0.25) is 4.72 Å². The molecular weight excluding hydrogens is 220 g/mol. The smallest absolute Gasteiger partial charge is 0.271 e. The van der Waals surface area contributed by atoms with E-state index in [2.05, 4.69) is 4.72 Å². The van der Waals surface area contributed by atoms with Gasteiger partial charge in [-0.05, 0) is 35.0 Å². The summed E-state index contributed by atoms with van der Waals surface area (Å²) in [6.07, 6.45) is 0. The average molecular weight is 228 g/mol. The Morgan fingerprint density at radius 3 is 2.79 bits per heavy atom. The third-order valence-corrected chi connectivity index (χ3v) is 3.13. The number of nitrogens with two attached hydrogens (primary N) is 1. The second kappa shape index (κ2) is 3.23. The first-order valence-corrected chi connectivity index (χ1v) is 6.25. The number of benzene rings is 1. The second-order valence-corrected chi connectivity index (χ2v) is 5.06. The number of rotatable bonds is 2. The Morgan fingerprint density at radius 1 is 1.29 bits per heavy atom. The van der Waals surface area contributed by atoms with E-state index in [1.54, 1.807) is 23.5 Å². The standard InChI is InChI=1S/C8H8N2O2S2/c9-14(11,12)10-7-1-2-8-6(5-7)3-4-13-8/h1-5,10H,(H2,9,11,12). The fourth-order valence-corrected chi connectivity index (χ4v) is 2.42. The lowest BCUT2D eigenvalue weighted by molar-refractivity contribution is 0.603. The number of thiophene rings is 1. The van der Waals surface area contributed by atoms with E-state index in [1.165, 1.54) is 0 Å². The van der Waals surface area contributed by atoms with Crippen LogP contribution in [0.3, 0.4) is 0 Å². The molecule has 0 aliphatic heterocycles. The number of fused-ring (bicyclic) bond motifs is 1. The molecular formula is C8H8N2O2S2. The molecule has 0 atom stereocenters. The van der Waals surface area contributed by atoms with Crippen LogP contribution in [0.25, 0.3) is 10.1 Å². The Balaban J connectivity index is 2.44. The molecule has 2 aromatic rings. The van der Waals surface area contributed by atoms with Crippen molar-refractivity contribution in [1.82, 2.24) is 0 Å². The fraction of sp³-hybridized carbons (Fsp3) is 0. The largest absolute Gasteiger partial charge is 0.296 e. The van der Waals surface area contributed by atoms with Crippen LogP contribution in [-0.4, -0.2) is 8.42 Å². The highest BCUT2D eigenvalue weighted by molar-refractivity contribution is 7.90. The Kier molecular flexibility index (Phi) is 2.18. The van der Waals surface area contributed by atoms with E-state index in [4.69, 9.17) is 5.14 Å². The van der Waals surface area contributed by atoms with Gasteiger partial charge in [0, 0.05) is 4.70 Å². The predicted octanol–water partition coefficient (Wildman–Crippen LogP) is 1.52. The fourth-order valence-electron chi connectivity index (χ4n) is 1.19. The highest BCUT2D eigenvalue weighted by Gasteiger charge is 2.02. The van der Waals surface area contributed by atoms with Crippen LogP contribution in [0.15, 0.2) is 29.6 Å². The molecule has 0 amide bonds. The molecule has 3 N–H and O–H groups in total. The molecule has 0 unspecified atom stereocenters. The molecule has 0 aliphatic carbocycles. The number of nitrogens with one attached hydrogen (secondary N) is 1. The highest BCUT2D eigenvalue weighted by Crippen LogP contribution is 2.24. The van der Waals surface area contributed by atoms with Gasteiger partial charge in [0.25, 0.3) is 10.2 Å². The normalized spacial score (nSPS) is 11.8. The Bertz CT molecular complexity index is 559. The molecule has 2 rings (SSSR count). The van der Waals surface area contributed by atoms with Crippen LogP contribution in [0.4, 0.5) is 5.69 Å². The van der Waals surface area contributed by atoms with Gasteiger partial charge in [-0.15, -0.1) is 11.3 Å². The molecule has 1 aromatic carbocycles. The summed E-state index contributed by atoms with van der Waals surface area (Å²) in [5, 5.41) is 7.80. The lowest BCUT2D eigenvalue weighted by atomic mass is 10.2. The predicted molar refractivity (Wildman–Crippen MR) is 58.6 cm³/mol. The first kappa shape index (κ1) is 9.45. The number of hydrogen-bond acceptors (Lipinski definition) is 3. The monoisotopic (exact) mass is 228 g/mol. The topological polar surface area (TPSA) is 72.2 Å². The molecule has 0 saturated carbocycles. The molecule has 74 valence electrons. The van der Waals surface area contributed by atoms with Gasteiger partial charge in [-0.25, -0.2) is 5.14 Å². The summed E-state index contributed by atoms with van der Waals surface area (Å²) in [4.78, 5) is 0. The van der Waals surface area contributed by atoms with Crippen molar-refractivity contribution in [3.63, 3.8) is 0 Å². The van der Waals surface area contributed by atoms with Crippen LogP contribution in [0, 0.1) is 0 Å².